The normalized spacial score (nSPS) is 10.4. The molecule has 0 unspecified atom stereocenters. The topological polar surface area (TPSA) is 93.7 Å². The lowest BCUT2D eigenvalue weighted by molar-refractivity contribution is -0.150. The third kappa shape index (κ3) is 5.80. The Morgan fingerprint density at radius 3 is 2.48 bits per heavy atom. The van der Waals surface area contributed by atoms with Crippen LogP contribution in [0.2, 0.25) is 0 Å². The summed E-state index contributed by atoms with van der Waals surface area (Å²) in [5.74, 6) is -0.861. The first kappa shape index (κ1) is 18.3. The van der Waals surface area contributed by atoms with Crippen LogP contribution in [-0.4, -0.2) is 37.2 Å². The van der Waals surface area contributed by atoms with E-state index in [1.165, 1.54) is 0 Å². The molecule has 132 valence electrons. The zero-order valence-corrected chi connectivity index (χ0v) is 14.1. The molecule has 0 aliphatic carbocycles. The minimum Gasteiger partial charge on any atom is -0.481 e. The maximum Gasteiger partial charge on any atom is 0.344 e. The summed E-state index contributed by atoms with van der Waals surface area (Å²) in [6.45, 7) is 2.63. The van der Waals surface area contributed by atoms with Crippen LogP contribution in [0.5, 0.6) is 5.75 Å². The van der Waals surface area contributed by atoms with Gasteiger partial charge >= 0.3 is 12.0 Å². The van der Waals surface area contributed by atoms with Crippen molar-refractivity contribution in [2.24, 2.45) is 0 Å². The molecule has 2 rings (SSSR count). The van der Waals surface area contributed by atoms with Crippen molar-refractivity contribution in [3.8, 4) is 5.75 Å². The summed E-state index contributed by atoms with van der Waals surface area (Å²) >= 11 is 0. The Morgan fingerprint density at radius 2 is 1.72 bits per heavy atom. The fourth-order valence-electron chi connectivity index (χ4n) is 2.11. The molecular formula is C18H20N2O5. The van der Waals surface area contributed by atoms with Crippen LogP contribution >= 0.6 is 0 Å². The minimum absolute atomic E-state index is 0.107. The van der Waals surface area contributed by atoms with Gasteiger partial charge in [0.2, 0.25) is 0 Å². The fourth-order valence-corrected chi connectivity index (χ4v) is 2.11. The van der Waals surface area contributed by atoms with Gasteiger partial charge in [0.05, 0.1) is 0 Å². The van der Waals surface area contributed by atoms with Crippen LogP contribution in [0.1, 0.15) is 13.8 Å². The van der Waals surface area contributed by atoms with Crippen molar-refractivity contribution in [1.82, 2.24) is 10.6 Å². The number of imide groups is 1. The van der Waals surface area contributed by atoms with Crippen LogP contribution in [0.3, 0.4) is 0 Å². The van der Waals surface area contributed by atoms with E-state index in [9.17, 15) is 14.4 Å². The molecule has 0 radical (unpaired) electrons. The lowest BCUT2D eigenvalue weighted by atomic mass is 10.1. The molecule has 2 aromatic rings. The second-order valence-corrected chi connectivity index (χ2v) is 5.60. The highest BCUT2D eigenvalue weighted by atomic mass is 16.6. The second kappa shape index (κ2) is 8.68. The molecule has 0 aromatic heterocycles. The van der Waals surface area contributed by atoms with E-state index in [0.29, 0.717) is 5.75 Å². The van der Waals surface area contributed by atoms with Crippen molar-refractivity contribution in [3.05, 3.63) is 42.5 Å². The number of carbonyl (C=O) groups is 3. The summed E-state index contributed by atoms with van der Waals surface area (Å²) in [6.07, 6.45) is 0. The molecule has 0 saturated carbocycles. The third-order valence-electron chi connectivity index (χ3n) is 3.13. The zero-order valence-electron chi connectivity index (χ0n) is 14.1. The van der Waals surface area contributed by atoms with Crippen molar-refractivity contribution in [2.45, 2.75) is 19.9 Å². The van der Waals surface area contributed by atoms with Crippen molar-refractivity contribution < 1.29 is 23.9 Å². The largest absolute Gasteiger partial charge is 0.481 e. The second-order valence-electron chi connectivity index (χ2n) is 5.60. The average Bonchev–Trinajstić information content (AvgIpc) is 2.57. The molecule has 0 bridgehead atoms. The van der Waals surface area contributed by atoms with Crippen LogP contribution in [0, 0.1) is 0 Å². The van der Waals surface area contributed by atoms with Crippen LogP contribution in [0.4, 0.5) is 4.79 Å². The Kier molecular flexibility index (Phi) is 6.33. The highest BCUT2D eigenvalue weighted by molar-refractivity contribution is 5.95. The van der Waals surface area contributed by atoms with Gasteiger partial charge in [-0.2, -0.15) is 0 Å². The SMILES string of the molecule is CC(C)NC(=O)NC(=O)COC(=O)COc1cccc2ccccc12. The van der Waals surface area contributed by atoms with E-state index < -0.39 is 24.5 Å². The Hall–Kier alpha value is -3.09. The first-order chi connectivity index (χ1) is 12.0. The Balaban J connectivity index is 1.79. The number of hydrogen-bond acceptors (Lipinski definition) is 5. The summed E-state index contributed by atoms with van der Waals surface area (Å²) in [5.41, 5.74) is 0. The molecule has 0 saturated heterocycles. The Bertz CT molecular complexity index is 768. The standard InChI is InChI=1S/C18H20N2O5/c1-12(2)19-18(23)20-16(21)10-25-17(22)11-24-15-9-5-7-13-6-3-4-8-14(13)15/h3-9,12H,10-11H2,1-2H3,(H2,19,20,21,23). The first-order valence-corrected chi connectivity index (χ1v) is 7.82. The number of hydrogen-bond donors (Lipinski definition) is 2. The number of rotatable bonds is 6. The van der Waals surface area contributed by atoms with E-state index in [2.05, 4.69) is 10.6 Å². The third-order valence-corrected chi connectivity index (χ3v) is 3.13. The van der Waals surface area contributed by atoms with E-state index in [0.717, 1.165) is 10.8 Å². The highest BCUT2D eigenvalue weighted by Gasteiger charge is 2.12. The van der Waals surface area contributed by atoms with Gasteiger partial charge < -0.3 is 14.8 Å². The molecule has 25 heavy (non-hydrogen) atoms. The predicted molar refractivity (Wildman–Crippen MR) is 92.2 cm³/mol. The highest BCUT2D eigenvalue weighted by Crippen LogP contribution is 2.24. The number of carbonyl (C=O) groups excluding carboxylic acids is 3. The summed E-state index contributed by atoms with van der Waals surface area (Å²) in [4.78, 5) is 34.5. The maximum atomic E-state index is 11.7. The van der Waals surface area contributed by atoms with Crippen molar-refractivity contribution in [1.29, 1.82) is 0 Å². The van der Waals surface area contributed by atoms with E-state index in [-0.39, 0.29) is 12.6 Å². The molecule has 0 spiro atoms. The quantitative estimate of drug-likeness (QED) is 0.782. The number of esters is 1. The number of fused-ring (bicyclic) bond motifs is 1. The van der Waals surface area contributed by atoms with Crippen LogP contribution in [0.15, 0.2) is 42.5 Å². The van der Waals surface area contributed by atoms with E-state index in [1.54, 1.807) is 19.9 Å². The van der Waals surface area contributed by atoms with E-state index in [4.69, 9.17) is 9.47 Å². The number of nitrogens with one attached hydrogen (secondary N) is 2. The van der Waals surface area contributed by atoms with Crippen LogP contribution in [0.25, 0.3) is 10.8 Å². The maximum absolute atomic E-state index is 11.7. The van der Waals surface area contributed by atoms with Crippen molar-refractivity contribution in [3.63, 3.8) is 0 Å². The molecule has 2 aromatic carbocycles. The lowest BCUT2D eigenvalue weighted by Gasteiger charge is -2.10. The molecule has 7 nitrogen and oxygen atoms in total. The van der Waals surface area contributed by atoms with Gasteiger partial charge in [-0.1, -0.05) is 36.4 Å². The number of benzene rings is 2. The molecule has 7 heteroatoms. The van der Waals surface area contributed by atoms with Crippen molar-refractivity contribution >= 4 is 28.7 Å². The molecule has 0 aliphatic heterocycles. The molecule has 2 N–H and O–H groups in total. The van der Waals surface area contributed by atoms with Gasteiger partial charge in [-0.05, 0) is 25.3 Å². The first-order valence-electron chi connectivity index (χ1n) is 7.82. The number of urea groups is 1. The molecular weight excluding hydrogens is 324 g/mol. The van der Waals surface area contributed by atoms with Crippen molar-refractivity contribution in [2.75, 3.05) is 13.2 Å². The van der Waals surface area contributed by atoms with Gasteiger partial charge in [-0.3, -0.25) is 10.1 Å². The van der Waals surface area contributed by atoms with Gasteiger partial charge in [-0.25, -0.2) is 9.59 Å². The molecule has 3 amide bonds. The fraction of sp³-hybridized carbons (Fsp3) is 0.278. The van der Waals surface area contributed by atoms with Gasteiger partial charge in [0.15, 0.2) is 13.2 Å². The molecule has 0 aliphatic rings. The predicted octanol–water partition coefficient (Wildman–Crippen LogP) is 2.00. The zero-order chi connectivity index (χ0) is 18.2. The van der Waals surface area contributed by atoms with Crippen LogP contribution < -0.4 is 15.4 Å². The number of ether oxygens (including phenoxy) is 2. The molecule has 0 fully saturated rings. The number of amides is 3. The van der Waals surface area contributed by atoms with E-state index >= 15 is 0 Å². The van der Waals surface area contributed by atoms with Gasteiger partial charge in [0.25, 0.3) is 5.91 Å². The summed E-state index contributed by atoms with van der Waals surface area (Å²) in [6, 6.07) is 12.4. The minimum atomic E-state index is -0.711. The Labute approximate surface area is 145 Å². The monoisotopic (exact) mass is 344 g/mol. The van der Waals surface area contributed by atoms with Crippen LogP contribution in [-0.2, 0) is 14.3 Å². The smallest absolute Gasteiger partial charge is 0.344 e. The molecule has 0 atom stereocenters. The van der Waals surface area contributed by atoms with Gasteiger partial charge in [-0.15, -0.1) is 0 Å². The Morgan fingerprint density at radius 1 is 1.00 bits per heavy atom. The summed E-state index contributed by atoms with van der Waals surface area (Å²) in [5, 5.41) is 6.41. The lowest BCUT2D eigenvalue weighted by Crippen LogP contribution is -2.44. The summed E-state index contributed by atoms with van der Waals surface area (Å²) < 4.78 is 10.2. The molecule has 0 heterocycles. The van der Waals surface area contributed by atoms with E-state index in [1.807, 2.05) is 36.4 Å². The average molecular weight is 344 g/mol. The van der Waals surface area contributed by atoms with Gasteiger partial charge in [0.1, 0.15) is 5.75 Å². The summed E-state index contributed by atoms with van der Waals surface area (Å²) in [7, 11) is 0. The van der Waals surface area contributed by atoms with Gasteiger partial charge in [0, 0.05) is 11.4 Å².